The third-order valence-corrected chi connectivity index (χ3v) is 13.7. The van der Waals surface area contributed by atoms with Gasteiger partial charge < -0.3 is 31.0 Å². The molecule has 83 heavy (non-hydrogen) atoms. The Morgan fingerprint density at radius 1 is 0.554 bits per heavy atom. The van der Waals surface area contributed by atoms with E-state index in [0.29, 0.717) is 40.3 Å². The molecule has 12 rings (SSSR count). The summed E-state index contributed by atoms with van der Waals surface area (Å²) in [5, 5.41) is 45.7. The lowest BCUT2D eigenvalue weighted by atomic mass is 10.1. The van der Waals surface area contributed by atoms with Gasteiger partial charge in [0.25, 0.3) is 0 Å². The lowest BCUT2D eigenvalue weighted by molar-refractivity contribution is 0.0515. The van der Waals surface area contributed by atoms with Crippen LogP contribution in [0.2, 0.25) is 5.15 Å². The van der Waals surface area contributed by atoms with Gasteiger partial charge in [-0.3, -0.25) is 23.2 Å². The lowest BCUT2D eigenvalue weighted by Gasteiger charge is -2.06. The summed E-state index contributed by atoms with van der Waals surface area (Å²) in [6, 6.07) is 29.1. The highest BCUT2D eigenvalue weighted by Gasteiger charge is 2.18. The first-order valence-electron chi connectivity index (χ1n) is 24.5. The molecule has 31 heteroatoms. The van der Waals surface area contributed by atoms with E-state index < -0.39 is 17.8 Å². The Balaban J connectivity index is 0.000000150. The number of anilines is 5. The summed E-state index contributed by atoms with van der Waals surface area (Å²) in [7, 11) is 0. The number of carbonyl (C=O) groups excluding carboxylic acids is 3. The van der Waals surface area contributed by atoms with Crippen molar-refractivity contribution in [3.63, 3.8) is 0 Å². The Morgan fingerprint density at radius 3 is 1.36 bits per heavy atom. The predicted molar refractivity (Wildman–Crippen MR) is 312 cm³/mol. The molecule has 0 saturated carbocycles. The zero-order valence-electron chi connectivity index (χ0n) is 44.4. The molecule has 12 heterocycles. The summed E-state index contributed by atoms with van der Waals surface area (Å²) in [5.74, 6) is 3.00. The molecule has 0 aliphatic carbocycles. The molecule has 0 spiro atoms. The number of hydrogen-bond donors (Lipinski definition) is 7. The Morgan fingerprint density at radius 2 is 0.952 bits per heavy atom. The quantitative estimate of drug-likeness (QED) is 0.0260. The van der Waals surface area contributed by atoms with E-state index in [1.165, 1.54) is 5.48 Å². The van der Waals surface area contributed by atoms with E-state index in [1.54, 1.807) is 32.4 Å². The highest BCUT2D eigenvalue weighted by Crippen LogP contribution is 2.31. The SMILES string of the molecule is CCOC(=O)c1nnc(N)s1.CCOC(=O)c1nnc(Nc2cc(-c3c(C)nc4ccccn34)ccn2)s1.Cc1nc2ccccn2c1-c1ccnc(Cl)c1.Cc1nc2ccccn2c1-c1ccnc(Nc2nnc(C(=O)NO)s2)c1.NO. The highest BCUT2D eigenvalue weighted by atomic mass is 35.5. The fourth-order valence-electron chi connectivity index (χ4n) is 7.92. The molecule has 0 bridgehead atoms. The third-order valence-electron chi connectivity index (χ3n) is 11.1. The van der Waals surface area contributed by atoms with Crippen LogP contribution in [-0.2, 0) is 9.47 Å². The number of nitrogens with two attached hydrogens (primary N) is 2. The second-order valence-electron chi connectivity index (χ2n) is 16.6. The topological polar surface area (TPSA) is 366 Å². The number of pyridine rings is 6. The van der Waals surface area contributed by atoms with Crippen LogP contribution in [0.5, 0.6) is 0 Å². The van der Waals surface area contributed by atoms with Gasteiger partial charge in [-0.05, 0) is 107 Å². The second kappa shape index (κ2) is 28.1. The number of amides is 1. The maximum atomic E-state index is 11.7. The molecule has 0 aliphatic heterocycles. The number of rotatable bonds is 12. The van der Waals surface area contributed by atoms with E-state index >= 15 is 0 Å². The van der Waals surface area contributed by atoms with E-state index in [1.807, 2.05) is 139 Å². The van der Waals surface area contributed by atoms with Crippen LogP contribution in [0.3, 0.4) is 0 Å². The van der Waals surface area contributed by atoms with Gasteiger partial charge in [-0.15, -0.1) is 30.6 Å². The van der Waals surface area contributed by atoms with Crippen LogP contribution in [0.4, 0.5) is 27.0 Å². The molecule has 27 nitrogen and oxygen atoms in total. The van der Waals surface area contributed by atoms with E-state index in [4.69, 9.17) is 32.5 Å². The highest BCUT2D eigenvalue weighted by molar-refractivity contribution is 7.17. The third kappa shape index (κ3) is 14.6. The summed E-state index contributed by atoms with van der Waals surface area (Å²) < 4.78 is 15.7. The van der Waals surface area contributed by atoms with Crippen LogP contribution in [0.15, 0.2) is 128 Å². The molecule has 9 N–H and O–H groups in total. The van der Waals surface area contributed by atoms with Gasteiger partial charge in [0, 0.05) is 53.9 Å². The molecule has 0 saturated heterocycles. The number of aromatic nitrogens is 15. The van der Waals surface area contributed by atoms with E-state index in [9.17, 15) is 14.4 Å². The Hall–Kier alpha value is -9.82. The van der Waals surface area contributed by atoms with E-state index in [2.05, 4.69) is 86.2 Å². The molecular formula is C52H49ClN20O7S3. The van der Waals surface area contributed by atoms with Gasteiger partial charge in [-0.2, -0.15) is 0 Å². The number of aryl methyl sites for hydroxylation is 3. The zero-order chi connectivity index (χ0) is 59.0. The Bertz CT molecular complexity index is 4180. The van der Waals surface area contributed by atoms with Crippen molar-refractivity contribution in [1.82, 2.24) is 79.2 Å². The summed E-state index contributed by atoms with van der Waals surface area (Å²) in [5.41, 5.74) is 18.3. The summed E-state index contributed by atoms with van der Waals surface area (Å²) in [6.45, 7) is 10.0. The van der Waals surface area contributed by atoms with Crippen molar-refractivity contribution in [2.24, 2.45) is 5.90 Å². The molecule has 0 unspecified atom stereocenters. The number of hydrogen-bond acceptors (Lipinski definition) is 26. The molecule has 12 aromatic rings. The summed E-state index contributed by atoms with van der Waals surface area (Å²) in [4.78, 5) is 60.2. The smallest absolute Gasteiger partial charge is 0.369 e. The monoisotopic (exact) mass is 1200 g/mol. The fourth-order valence-corrected chi connectivity index (χ4v) is 9.88. The van der Waals surface area contributed by atoms with Crippen molar-refractivity contribution in [3.8, 4) is 33.8 Å². The Kier molecular flexibility index (Phi) is 20.0. The van der Waals surface area contributed by atoms with Crippen molar-refractivity contribution < 1.29 is 34.3 Å². The first-order valence-corrected chi connectivity index (χ1v) is 27.3. The van der Waals surface area contributed by atoms with Crippen molar-refractivity contribution in [2.75, 3.05) is 29.6 Å². The van der Waals surface area contributed by atoms with E-state index in [0.717, 1.165) is 102 Å². The first kappa shape index (κ1) is 59.3. The average Bonchev–Trinajstić information content (AvgIpc) is 4.58. The molecule has 0 radical (unpaired) electrons. The number of imidazole rings is 3. The van der Waals surface area contributed by atoms with Crippen LogP contribution in [0.25, 0.3) is 50.7 Å². The fraction of sp³-hybridized carbons (Fsp3) is 0.135. The molecular weight excluding hydrogens is 1150 g/mol. The van der Waals surface area contributed by atoms with Crippen LogP contribution >= 0.6 is 45.6 Å². The number of carbonyl (C=O) groups is 3. The predicted octanol–water partition coefficient (Wildman–Crippen LogP) is 8.88. The lowest BCUT2D eigenvalue weighted by Crippen LogP contribution is -2.18. The minimum absolute atomic E-state index is 0.0452. The molecule has 0 aromatic carbocycles. The van der Waals surface area contributed by atoms with Crippen molar-refractivity contribution in [1.29, 1.82) is 0 Å². The van der Waals surface area contributed by atoms with Gasteiger partial charge in [0.1, 0.15) is 33.7 Å². The van der Waals surface area contributed by atoms with Gasteiger partial charge in [-0.25, -0.2) is 50.9 Å². The standard InChI is InChI=1S/C18H16N6O2S.C16H13N7O2S.C13H10ClN3.C5H7N3O2S.H3NO/c1-3-26-17(25)16-22-23-18(27-16)21-13-10-12(7-8-19-13)15-11(2)20-14-6-4-5-9-24(14)15;1-9-13(23-7-3-2-4-12(23)18-9)10-5-6-17-11(8-10)19-16-21-20-15(26-16)14(24)22-25;1-9-13(10-5-6-15-11(14)8-10)17-7-3-2-4-12(17)16-9;1-2-10-4(9)3-7-8-5(6)11-3;1-2/h4-10H,3H2,1-2H3,(H,19,21,23);2-8,25H,1H3,(H,22,24)(H,17,19,21);2-8H,1H3;2H2,1H3,(H2,6,8);2H,1H2. The second-order valence-corrected chi connectivity index (χ2v) is 19.9. The number of nitrogens with zero attached hydrogens (tertiary/aromatic N) is 15. The summed E-state index contributed by atoms with van der Waals surface area (Å²) in [6.07, 6.45) is 11.0. The van der Waals surface area contributed by atoms with Gasteiger partial charge in [0.05, 0.1) is 47.4 Å². The van der Waals surface area contributed by atoms with Crippen molar-refractivity contribution in [2.45, 2.75) is 34.6 Å². The average molecular weight is 1200 g/mol. The number of hydroxylamine groups is 1. The Labute approximate surface area is 487 Å². The number of nitrogen functional groups attached to an aromatic ring is 1. The van der Waals surface area contributed by atoms with Crippen LogP contribution in [0, 0.1) is 20.8 Å². The minimum atomic E-state index is -0.710. The first-order chi connectivity index (χ1) is 40.3. The van der Waals surface area contributed by atoms with Gasteiger partial charge in [0.15, 0.2) is 0 Å². The van der Waals surface area contributed by atoms with Crippen molar-refractivity contribution in [3.05, 3.63) is 165 Å². The molecule has 0 aliphatic rings. The number of ether oxygens (including phenoxy) is 2. The molecule has 424 valence electrons. The van der Waals surface area contributed by atoms with Crippen LogP contribution in [-0.4, -0.2) is 115 Å². The largest absolute Gasteiger partial charge is 0.461 e. The van der Waals surface area contributed by atoms with Gasteiger partial charge in [-0.1, -0.05) is 63.8 Å². The molecule has 1 amide bonds. The molecule has 12 aromatic heterocycles. The number of nitrogens with one attached hydrogen (secondary N) is 3. The van der Waals surface area contributed by atoms with Crippen molar-refractivity contribution >= 4 is 107 Å². The summed E-state index contributed by atoms with van der Waals surface area (Å²) >= 11 is 9.07. The van der Waals surface area contributed by atoms with Gasteiger partial charge >= 0.3 is 17.8 Å². The maximum Gasteiger partial charge on any atom is 0.369 e. The molecule has 0 atom stereocenters. The normalized spacial score (nSPS) is 10.5. The zero-order valence-corrected chi connectivity index (χ0v) is 47.6. The van der Waals surface area contributed by atoms with E-state index in [-0.39, 0.29) is 20.2 Å². The maximum absolute atomic E-state index is 11.7. The number of halogens is 1. The van der Waals surface area contributed by atoms with Crippen LogP contribution < -0.4 is 27.7 Å². The van der Waals surface area contributed by atoms with Crippen LogP contribution in [0.1, 0.15) is 60.3 Å². The van der Waals surface area contributed by atoms with Gasteiger partial charge in [0.2, 0.25) is 30.4 Å². The molecule has 0 fully saturated rings. The minimum Gasteiger partial charge on any atom is -0.461 e. The number of esters is 2. The number of fused-ring (bicyclic) bond motifs is 3.